The predicted octanol–water partition coefficient (Wildman–Crippen LogP) is 0.663. The molecule has 1 aliphatic rings. The fourth-order valence-electron chi connectivity index (χ4n) is 1.73. The summed E-state index contributed by atoms with van der Waals surface area (Å²) in [5.74, 6) is -0.248. The molecule has 0 spiro atoms. The first kappa shape index (κ1) is 11.6. The molecule has 2 atom stereocenters. The van der Waals surface area contributed by atoms with E-state index >= 15 is 0 Å². The van der Waals surface area contributed by atoms with Gasteiger partial charge < -0.3 is 5.11 Å². The molecule has 3 nitrogen and oxygen atoms in total. The normalized spacial score (nSPS) is 29.4. The predicted molar refractivity (Wildman–Crippen MR) is 61.2 cm³/mol. The third-order valence-electron chi connectivity index (χ3n) is 2.78. The monoisotopic (exact) mass is 258 g/mol. The highest BCUT2D eigenvalue weighted by atomic mass is 35.5. The van der Waals surface area contributed by atoms with Crippen molar-refractivity contribution in [2.24, 2.45) is 0 Å². The van der Waals surface area contributed by atoms with Crippen LogP contribution in [0.3, 0.4) is 0 Å². The molecule has 0 saturated heterocycles. The Kier molecular flexibility index (Phi) is 2.80. The van der Waals surface area contributed by atoms with E-state index in [0.29, 0.717) is 15.5 Å². The smallest absolute Gasteiger partial charge is 0.334 e. The summed E-state index contributed by atoms with van der Waals surface area (Å²) in [7, 11) is 1.57. The maximum absolute atomic E-state index is 11.5. The summed E-state index contributed by atoms with van der Waals surface area (Å²) < 4.78 is 0. The summed E-state index contributed by atoms with van der Waals surface area (Å²) in [6.45, 7) is 0. The zero-order chi connectivity index (χ0) is 11.9. The molecule has 0 aromatic heterocycles. The van der Waals surface area contributed by atoms with Gasteiger partial charge in [0.15, 0.2) is 0 Å². The first-order valence-corrected chi connectivity index (χ1v) is 5.46. The highest BCUT2D eigenvalue weighted by Crippen LogP contribution is 2.29. The van der Waals surface area contributed by atoms with Crippen LogP contribution in [-0.4, -0.2) is 18.1 Å². The summed E-state index contributed by atoms with van der Waals surface area (Å²) >= 11 is 11.7. The minimum absolute atomic E-state index is 0.123. The first-order chi connectivity index (χ1) is 7.46. The maximum atomic E-state index is 11.5. The summed E-state index contributed by atoms with van der Waals surface area (Å²) in [4.78, 5) is 11.8. The molecular formula is C11H10Cl2NO2+. The Morgan fingerprint density at radius 2 is 1.81 bits per heavy atom. The second kappa shape index (κ2) is 3.86. The molecule has 2 rings (SSSR count). The lowest BCUT2D eigenvalue weighted by atomic mass is 10.0. The second-order valence-corrected chi connectivity index (χ2v) is 4.54. The first-order valence-electron chi connectivity index (χ1n) is 4.70. The minimum Gasteiger partial charge on any atom is -0.334 e. The Morgan fingerprint density at radius 3 is 2.25 bits per heavy atom. The highest BCUT2D eigenvalue weighted by Gasteiger charge is 2.50. The SMILES string of the molecule is C[NH+]1C(=O)C=C(Cl)C1(O)c1ccc(Cl)cc1. The lowest BCUT2D eigenvalue weighted by molar-refractivity contribution is -0.883. The van der Waals surface area contributed by atoms with Gasteiger partial charge >= 0.3 is 5.91 Å². The molecule has 1 amide bonds. The average molecular weight is 259 g/mol. The van der Waals surface area contributed by atoms with E-state index < -0.39 is 5.72 Å². The maximum Gasteiger partial charge on any atom is 0.341 e. The van der Waals surface area contributed by atoms with Gasteiger partial charge in [-0.1, -0.05) is 23.2 Å². The van der Waals surface area contributed by atoms with Crippen LogP contribution in [0, 0.1) is 0 Å². The lowest BCUT2D eigenvalue weighted by Crippen LogP contribution is -3.17. The van der Waals surface area contributed by atoms with Crippen LogP contribution in [0.2, 0.25) is 5.02 Å². The Hall–Kier alpha value is -0.870. The highest BCUT2D eigenvalue weighted by molar-refractivity contribution is 6.32. The van der Waals surface area contributed by atoms with Crippen molar-refractivity contribution in [3.05, 3.63) is 46.0 Å². The third-order valence-corrected chi connectivity index (χ3v) is 3.41. The van der Waals surface area contributed by atoms with Crippen LogP contribution >= 0.6 is 23.2 Å². The number of hydrogen-bond acceptors (Lipinski definition) is 2. The zero-order valence-electron chi connectivity index (χ0n) is 8.50. The molecule has 2 N–H and O–H groups in total. The van der Waals surface area contributed by atoms with Crippen molar-refractivity contribution in [1.29, 1.82) is 0 Å². The molecule has 1 aromatic carbocycles. The summed E-state index contributed by atoms with van der Waals surface area (Å²) in [6.07, 6.45) is 1.24. The van der Waals surface area contributed by atoms with Gasteiger partial charge in [0, 0.05) is 10.6 Å². The fourth-order valence-corrected chi connectivity index (χ4v) is 2.21. The summed E-state index contributed by atoms with van der Waals surface area (Å²) in [5, 5.41) is 11.1. The molecule has 5 heteroatoms. The summed E-state index contributed by atoms with van der Waals surface area (Å²) in [6, 6.07) is 6.60. The molecular weight excluding hydrogens is 249 g/mol. The number of halogens is 2. The van der Waals surface area contributed by atoms with E-state index in [1.54, 1.807) is 31.3 Å². The number of carbonyl (C=O) groups is 1. The topological polar surface area (TPSA) is 41.7 Å². The lowest BCUT2D eigenvalue weighted by Gasteiger charge is -2.26. The second-order valence-electron chi connectivity index (χ2n) is 3.70. The number of nitrogens with one attached hydrogen (secondary N) is 1. The van der Waals surface area contributed by atoms with Gasteiger partial charge in [-0.3, -0.25) is 0 Å². The molecule has 16 heavy (non-hydrogen) atoms. The van der Waals surface area contributed by atoms with Crippen LogP contribution in [0.15, 0.2) is 35.4 Å². The van der Waals surface area contributed by atoms with Gasteiger partial charge in [0.1, 0.15) is 5.03 Å². The van der Waals surface area contributed by atoms with Crippen molar-refractivity contribution in [1.82, 2.24) is 0 Å². The van der Waals surface area contributed by atoms with Crippen LogP contribution in [-0.2, 0) is 10.5 Å². The molecule has 84 valence electrons. The van der Waals surface area contributed by atoms with Gasteiger partial charge in [0.25, 0.3) is 5.72 Å². The molecule has 0 bridgehead atoms. The fraction of sp³-hybridized carbons (Fsp3) is 0.182. The number of quaternary nitrogens is 1. The van der Waals surface area contributed by atoms with E-state index in [1.165, 1.54) is 6.08 Å². The Bertz CT molecular complexity index is 469. The molecule has 0 aliphatic carbocycles. The van der Waals surface area contributed by atoms with E-state index in [0.717, 1.165) is 0 Å². The molecule has 0 saturated carbocycles. The van der Waals surface area contributed by atoms with Gasteiger partial charge in [0.2, 0.25) is 0 Å². The number of carbonyl (C=O) groups excluding carboxylic acids is 1. The molecule has 0 radical (unpaired) electrons. The number of aliphatic hydroxyl groups is 1. The third kappa shape index (κ3) is 1.57. The van der Waals surface area contributed by atoms with E-state index in [1.807, 2.05) is 0 Å². The van der Waals surface area contributed by atoms with Crippen LogP contribution in [0.1, 0.15) is 5.56 Å². The van der Waals surface area contributed by atoms with Crippen molar-refractivity contribution in [2.75, 3.05) is 7.05 Å². The van der Waals surface area contributed by atoms with Crippen LogP contribution in [0.4, 0.5) is 0 Å². The number of hydrogen-bond donors (Lipinski definition) is 2. The quantitative estimate of drug-likeness (QED) is 0.778. The van der Waals surface area contributed by atoms with Crippen molar-refractivity contribution in [3.63, 3.8) is 0 Å². The molecule has 0 fully saturated rings. The van der Waals surface area contributed by atoms with Crippen LogP contribution in [0.5, 0.6) is 0 Å². The summed E-state index contributed by atoms with van der Waals surface area (Å²) in [5.41, 5.74) is -0.954. The number of likely N-dealkylation sites (N-methyl/N-ethyl adjacent to an activating group) is 1. The van der Waals surface area contributed by atoms with Gasteiger partial charge in [-0.2, -0.15) is 0 Å². The van der Waals surface area contributed by atoms with Gasteiger partial charge in [0.05, 0.1) is 13.1 Å². The number of rotatable bonds is 1. The van der Waals surface area contributed by atoms with Crippen LogP contribution < -0.4 is 4.90 Å². The van der Waals surface area contributed by atoms with Gasteiger partial charge in [-0.05, 0) is 24.3 Å². The van der Waals surface area contributed by atoms with Crippen molar-refractivity contribution in [2.45, 2.75) is 5.72 Å². The van der Waals surface area contributed by atoms with E-state index in [9.17, 15) is 9.90 Å². The zero-order valence-corrected chi connectivity index (χ0v) is 10.0. The largest absolute Gasteiger partial charge is 0.341 e. The van der Waals surface area contributed by atoms with Gasteiger partial charge in [-0.25, -0.2) is 9.69 Å². The van der Waals surface area contributed by atoms with Crippen molar-refractivity contribution in [3.8, 4) is 0 Å². The van der Waals surface area contributed by atoms with E-state index in [2.05, 4.69) is 0 Å². The molecule has 1 aliphatic heterocycles. The van der Waals surface area contributed by atoms with E-state index in [4.69, 9.17) is 23.2 Å². The van der Waals surface area contributed by atoms with E-state index in [-0.39, 0.29) is 10.9 Å². The number of benzene rings is 1. The minimum atomic E-state index is -1.50. The molecule has 1 aromatic rings. The Morgan fingerprint density at radius 1 is 1.25 bits per heavy atom. The van der Waals surface area contributed by atoms with Crippen molar-refractivity contribution < 1.29 is 14.8 Å². The Labute approximate surface area is 103 Å². The number of amides is 1. The van der Waals surface area contributed by atoms with Gasteiger partial charge in [-0.15, -0.1) is 0 Å². The average Bonchev–Trinajstić information content (AvgIpc) is 2.45. The van der Waals surface area contributed by atoms with Crippen molar-refractivity contribution >= 4 is 29.1 Å². The standard InChI is InChI=1S/C11H9Cl2NO2/c1-14-10(15)6-9(13)11(14,16)7-2-4-8(12)5-3-7/h2-6,16H,1H3/p+1. The van der Waals surface area contributed by atoms with Crippen LogP contribution in [0.25, 0.3) is 0 Å². The molecule has 2 unspecified atom stereocenters. The Balaban J connectivity index is 2.50. The molecule has 1 heterocycles.